The Hall–Kier alpha value is -1.60. The lowest BCUT2D eigenvalue weighted by Gasteiger charge is -2.22. The lowest BCUT2D eigenvalue weighted by atomic mass is 9.83. The van der Waals surface area contributed by atoms with E-state index in [9.17, 15) is 9.59 Å². The normalized spacial score (nSPS) is 17.8. The first-order valence-electron chi connectivity index (χ1n) is 5.24. The average Bonchev–Trinajstić information content (AvgIpc) is 2.25. The van der Waals surface area contributed by atoms with Crippen molar-refractivity contribution in [2.75, 3.05) is 20.1 Å². The third-order valence-electron chi connectivity index (χ3n) is 2.25. The SMILES string of the molecule is CN1CC(=O)OB(c2cccc(Cl)n2)OC(=O)C1. The number of pyridine rings is 1. The fourth-order valence-corrected chi connectivity index (χ4v) is 1.68. The minimum absolute atomic E-state index is 0.0200. The Morgan fingerprint density at radius 2 is 1.89 bits per heavy atom. The van der Waals surface area contributed by atoms with Gasteiger partial charge in [0.05, 0.1) is 13.1 Å². The van der Waals surface area contributed by atoms with Gasteiger partial charge in [-0.1, -0.05) is 17.7 Å². The minimum atomic E-state index is -1.14. The summed E-state index contributed by atoms with van der Waals surface area (Å²) in [6, 6.07) is 4.78. The highest BCUT2D eigenvalue weighted by Crippen LogP contribution is 2.03. The van der Waals surface area contributed by atoms with Gasteiger partial charge in [0.25, 0.3) is 0 Å². The molecule has 0 spiro atoms. The zero-order chi connectivity index (χ0) is 13.1. The van der Waals surface area contributed by atoms with Gasteiger partial charge in [0.15, 0.2) is 0 Å². The number of nitrogens with zero attached hydrogens (tertiary/aromatic N) is 2. The van der Waals surface area contributed by atoms with E-state index >= 15 is 0 Å². The molecule has 1 aliphatic rings. The van der Waals surface area contributed by atoms with E-state index in [2.05, 4.69) is 4.98 Å². The van der Waals surface area contributed by atoms with Crippen LogP contribution in [0.15, 0.2) is 18.2 Å². The van der Waals surface area contributed by atoms with Crippen molar-refractivity contribution in [2.24, 2.45) is 0 Å². The zero-order valence-electron chi connectivity index (χ0n) is 9.63. The third kappa shape index (κ3) is 3.21. The molecule has 2 heterocycles. The monoisotopic (exact) mass is 268 g/mol. The fraction of sp³-hybridized carbons (Fsp3) is 0.300. The second-order valence-electron chi connectivity index (χ2n) is 3.87. The van der Waals surface area contributed by atoms with Crippen molar-refractivity contribution >= 4 is 36.3 Å². The molecule has 0 unspecified atom stereocenters. The van der Waals surface area contributed by atoms with Crippen LogP contribution in [-0.4, -0.2) is 49.1 Å². The Bertz CT molecular complexity index is 465. The van der Waals surface area contributed by atoms with Crippen LogP contribution in [0.1, 0.15) is 0 Å². The van der Waals surface area contributed by atoms with Crippen molar-refractivity contribution < 1.29 is 18.9 Å². The highest BCUT2D eigenvalue weighted by atomic mass is 35.5. The predicted octanol–water partition coefficient (Wildman–Crippen LogP) is -0.538. The van der Waals surface area contributed by atoms with Crippen LogP contribution in [0.5, 0.6) is 0 Å². The largest absolute Gasteiger partial charge is 0.656 e. The van der Waals surface area contributed by atoms with Gasteiger partial charge in [-0.2, -0.15) is 0 Å². The first-order valence-corrected chi connectivity index (χ1v) is 5.62. The van der Waals surface area contributed by atoms with Gasteiger partial charge in [0.1, 0.15) is 10.7 Å². The van der Waals surface area contributed by atoms with Gasteiger partial charge in [-0.25, -0.2) is 4.98 Å². The van der Waals surface area contributed by atoms with E-state index in [1.807, 2.05) is 0 Å². The van der Waals surface area contributed by atoms with E-state index in [0.29, 0.717) is 0 Å². The molecule has 0 aromatic carbocycles. The molecule has 0 saturated carbocycles. The molecule has 1 aromatic rings. The highest BCUT2D eigenvalue weighted by Gasteiger charge is 2.35. The molecule has 94 valence electrons. The van der Waals surface area contributed by atoms with Crippen LogP contribution in [-0.2, 0) is 18.9 Å². The predicted molar refractivity (Wildman–Crippen MR) is 64.3 cm³/mol. The molecule has 1 aliphatic heterocycles. The molecule has 0 bridgehead atoms. The Kier molecular flexibility index (Phi) is 3.83. The minimum Gasteiger partial charge on any atom is -0.493 e. The van der Waals surface area contributed by atoms with Gasteiger partial charge < -0.3 is 9.31 Å². The molecule has 0 aliphatic carbocycles. The van der Waals surface area contributed by atoms with E-state index in [4.69, 9.17) is 20.9 Å². The van der Waals surface area contributed by atoms with E-state index in [1.165, 1.54) is 4.90 Å². The van der Waals surface area contributed by atoms with Gasteiger partial charge in [-0.05, 0) is 19.2 Å². The molecule has 1 aromatic heterocycles. The Morgan fingerprint density at radius 1 is 1.28 bits per heavy atom. The maximum Gasteiger partial charge on any atom is 0.656 e. The second-order valence-corrected chi connectivity index (χ2v) is 4.26. The molecule has 0 amide bonds. The summed E-state index contributed by atoms with van der Waals surface area (Å²) in [6.07, 6.45) is 0. The van der Waals surface area contributed by atoms with Gasteiger partial charge in [0.2, 0.25) is 0 Å². The second kappa shape index (κ2) is 5.37. The van der Waals surface area contributed by atoms with Gasteiger partial charge >= 0.3 is 19.1 Å². The van der Waals surface area contributed by atoms with Gasteiger partial charge in [-0.15, -0.1) is 0 Å². The van der Waals surface area contributed by atoms with Crippen molar-refractivity contribution in [1.29, 1.82) is 0 Å². The standard InChI is InChI=1S/C10H10BClN2O4/c1-14-5-9(15)17-11(18-10(16)6-14)7-3-2-4-8(12)13-7/h2-4H,5-6H2,1H3. The van der Waals surface area contributed by atoms with E-state index in [0.717, 1.165) is 0 Å². The maximum atomic E-state index is 11.5. The molecule has 2 rings (SSSR count). The van der Waals surface area contributed by atoms with Crippen molar-refractivity contribution in [3.05, 3.63) is 23.4 Å². The molecular formula is C10H10BClN2O4. The molecule has 1 saturated heterocycles. The number of rotatable bonds is 1. The quantitative estimate of drug-likeness (QED) is 0.503. The van der Waals surface area contributed by atoms with E-state index < -0.39 is 19.1 Å². The summed E-state index contributed by atoms with van der Waals surface area (Å²) < 4.78 is 10.1. The molecular weight excluding hydrogens is 258 g/mol. The average molecular weight is 268 g/mol. The molecule has 0 atom stereocenters. The molecule has 0 N–H and O–H groups in total. The van der Waals surface area contributed by atoms with Crippen molar-refractivity contribution in [3.63, 3.8) is 0 Å². The Labute approximate surface area is 109 Å². The molecule has 1 fully saturated rings. The molecule has 8 heteroatoms. The lowest BCUT2D eigenvalue weighted by molar-refractivity contribution is -0.145. The molecule has 0 radical (unpaired) electrons. The number of aromatic nitrogens is 1. The summed E-state index contributed by atoms with van der Waals surface area (Å²) in [5, 5.41) is 0.235. The smallest absolute Gasteiger partial charge is 0.493 e. The van der Waals surface area contributed by atoms with Crippen LogP contribution in [0.4, 0.5) is 0 Å². The summed E-state index contributed by atoms with van der Waals surface area (Å²) in [5.41, 5.74) is 0.286. The summed E-state index contributed by atoms with van der Waals surface area (Å²) >= 11 is 5.73. The number of carbonyl (C=O) groups is 2. The highest BCUT2D eigenvalue weighted by molar-refractivity contribution is 6.63. The first-order chi connectivity index (χ1) is 8.54. The Morgan fingerprint density at radius 3 is 2.44 bits per heavy atom. The van der Waals surface area contributed by atoms with Crippen LogP contribution in [0.25, 0.3) is 0 Å². The fourth-order valence-electron chi connectivity index (χ4n) is 1.51. The molecule has 18 heavy (non-hydrogen) atoms. The summed E-state index contributed by atoms with van der Waals surface area (Å²) in [6.45, 7) is 0.0400. The summed E-state index contributed by atoms with van der Waals surface area (Å²) in [5.74, 6) is -0.978. The summed E-state index contributed by atoms with van der Waals surface area (Å²) in [7, 11) is 0.484. The van der Waals surface area contributed by atoms with Crippen molar-refractivity contribution in [1.82, 2.24) is 9.88 Å². The lowest BCUT2D eigenvalue weighted by Crippen LogP contribution is -2.48. The number of hydrogen-bond acceptors (Lipinski definition) is 6. The number of hydrogen-bond donors (Lipinski definition) is 0. The first kappa shape index (κ1) is 12.9. The van der Waals surface area contributed by atoms with Crippen molar-refractivity contribution in [3.8, 4) is 0 Å². The third-order valence-corrected chi connectivity index (χ3v) is 2.46. The van der Waals surface area contributed by atoms with E-state index in [1.54, 1.807) is 25.2 Å². The van der Waals surface area contributed by atoms with Gasteiger partial charge in [-0.3, -0.25) is 14.5 Å². The number of likely N-dealkylation sites (N-methyl/N-ethyl adjacent to an activating group) is 1. The van der Waals surface area contributed by atoms with Crippen LogP contribution < -0.4 is 5.59 Å². The number of carbonyl (C=O) groups excluding carboxylic acids is 2. The summed E-state index contributed by atoms with van der Waals surface area (Å²) in [4.78, 5) is 28.5. The maximum absolute atomic E-state index is 11.5. The topological polar surface area (TPSA) is 68.7 Å². The Balaban J connectivity index is 2.20. The van der Waals surface area contributed by atoms with Crippen LogP contribution in [0.2, 0.25) is 5.15 Å². The van der Waals surface area contributed by atoms with Crippen molar-refractivity contribution in [2.45, 2.75) is 0 Å². The molecule has 6 nitrogen and oxygen atoms in total. The van der Waals surface area contributed by atoms with Crippen LogP contribution in [0, 0.1) is 0 Å². The van der Waals surface area contributed by atoms with Crippen LogP contribution in [0.3, 0.4) is 0 Å². The van der Waals surface area contributed by atoms with E-state index in [-0.39, 0.29) is 23.8 Å². The van der Waals surface area contributed by atoms with Gasteiger partial charge in [0, 0.05) is 0 Å². The van der Waals surface area contributed by atoms with Crippen LogP contribution >= 0.6 is 11.6 Å². The number of halogens is 1. The zero-order valence-corrected chi connectivity index (χ0v) is 10.4.